The molecular formula is C53H66N12O13S. The Labute approximate surface area is 455 Å². The monoisotopic (exact) mass is 1110 g/mol. The molecule has 26 heteroatoms. The number of amides is 4. The Morgan fingerprint density at radius 1 is 0.937 bits per heavy atom. The minimum absolute atomic E-state index is 0.00420. The molecule has 4 aromatic heterocycles. The van der Waals surface area contributed by atoms with Gasteiger partial charge < -0.3 is 54.8 Å². The maximum atomic E-state index is 13.9. The van der Waals surface area contributed by atoms with Crippen molar-refractivity contribution in [3.05, 3.63) is 75.5 Å². The van der Waals surface area contributed by atoms with Crippen molar-refractivity contribution < 1.29 is 56.4 Å². The number of nitrogens with one attached hydrogen (secondary N) is 4. The molecule has 79 heavy (non-hydrogen) atoms. The number of unbranched alkanes of at least 4 members (excludes halogenated alkanes) is 3. The topological polar surface area (TPSA) is 319 Å². The van der Waals surface area contributed by atoms with Gasteiger partial charge in [0, 0.05) is 59.8 Å². The average molecular weight is 1110 g/mol. The summed E-state index contributed by atoms with van der Waals surface area (Å²) in [6, 6.07) is 3.30. The molecule has 3 aliphatic heterocycles. The molecule has 0 aliphatic carbocycles. The molecule has 3 atom stereocenters. The molecule has 5 N–H and O–H groups in total. The quantitative estimate of drug-likeness (QED) is 0.0225. The number of esters is 1. The van der Waals surface area contributed by atoms with Crippen LogP contribution >= 0.6 is 0 Å². The third-order valence-electron chi connectivity index (χ3n) is 13.9. The van der Waals surface area contributed by atoms with Crippen molar-refractivity contribution in [1.82, 2.24) is 60.7 Å². The number of hydrogen-bond acceptors (Lipinski definition) is 19. The summed E-state index contributed by atoms with van der Waals surface area (Å²) in [6.07, 6.45) is 12.8. The Morgan fingerprint density at radius 3 is 2.42 bits per heavy atom. The molecule has 0 unspecified atom stereocenters. The zero-order chi connectivity index (χ0) is 56.6. The highest BCUT2D eigenvalue weighted by Crippen LogP contribution is 2.43. The van der Waals surface area contributed by atoms with Crippen LogP contribution in [-0.2, 0) is 68.6 Å². The second kappa shape index (κ2) is 25.0. The number of ether oxygens (including phenoxy) is 4. The lowest BCUT2D eigenvalue weighted by molar-refractivity contribution is -0.172. The standard InChI is InChI=1S/C53H66N12O13S/c1-7-53(72)37-21-41-47-35(26-65(41)50(70)36(37)28-76-51(53)71)33(34-20-42-43(78-30-77-42)22-39(34)58-47)14-13-19-75-29-57-45(67)25-54-48(68)38(15-10-12-17-63(4)5)59-49(69)46(31(2)3)60-44(66)16-9-8-11-18-64-27-40(61-62-64)32-23-55-52(56-24-32)79(6,73)74/h13-14,20-24,27,31,38,46,72H,7-12,15-19,25-26,28-30H2,1-6H3,(H,54,68)(H,57,67)(H,59,69)(H,60,66)/b14-13+/t38-,46-,53-/m0/s1. The average Bonchev–Trinajstić information content (AvgIpc) is 4.22. The number of aliphatic hydroxyl groups is 1. The normalized spacial score (nSPS) is 16.1. The number of sulfone groups is 1. The van der Waals surface area contributed by atoms with Crippen molar-refractivity contribution in [2.45, 2.75) is 115 Å². The second-order valence-electron chi connectivity index (χ2n) is 20.3. The number of carbonyl (C=O) groups is 5. The van der Waals surface area contributed by atoms with Crippen molar-refractivity contribution in [2.75, 3.05) is 53.6 Å². The van der Waals surface area contributed by atoms with Crippen molar-refractivity contribution >= 4 is 56.4 Å². The number of fused-ring (bicyclic) bond motifs is 6. The summed E-state index contributed by atoms with van der Waals surface area (Å²) in [5, 5.41) is 31.0. The molecule has 0 fully saturated rings. The van der Waals surface area contributed by atoms with Crippen LogP contribution in [0.3, 0.4) is 0 Å². The lowest BCUT2D eigenvalue weighted by Gasteiger charge is -2.31. The number of hydrogen-bond donors (Lipinski definition) is 5. The Morgan fingerprint density at radius 2 is 1.70 bits per heavy atom. The number of aryl methyl sites for hydroxylation is 1. The van der Waals surface area contributed by atoms with Crippen LogP contribution in [0.4, 0.5) is 0 Å². The van der Waals surface area contributed by atoms with Gasteiger partial charge in [0.1, 0.15) is 31.1 Å². The van der Waals surface area contributed by atoms with Gasteiger partial charge in [-0.3, -0.25) is 28.7 Å². The van der Waals surface area contributed by atoms with Gasteiger partial charge in [0.25, 0.3) is 5.56 Å². The fourth-order valence-corrected chi connectivity index (χ4v) is 9.96. The SMILES string of the molecule is CC[C@@]1(O)C(=O)OCc2c1cc1n(c2=O)Cc2c-1nc1cc3c(cc1c2/C=C/COCNC(=O)CNC(=O)[C@H](CCCCN(C)C)NC(=O)[C@@H](NC(=O)CCCCCn1cc(-c2cnc(S(C)(=O)=O)nc2)nn1)C(C)C)OCO3. The van der Waals surface area contributed by atoms with E-state index in [0.717, 1.165) is 24.8 Å². The molecule has 8 rings (SSSR count). The molecule has 422 valence electrons. The number of nitrogens with zero attached hydrogens (tertiary/aromatic N) is 8. The van der Waals surface area contributed by atoms with E-state index in [0.29, 0.717) is 89.3 Å². The van der Waals surface area contributed by atoms with Gasteiger partial charge in [-0.2, -0.15) is 0 Å². The summed E-state index contributed by atoms with van der Waals surface area (Å²) in [5.41, 5.74) is 1.95. The summed E-state index contributed by atoms with van der Waals surface area (Å²) in [5.74, 6) is -2.03. The van der Waals surface area contributed by atoms with Crippen LogP contribution in [-0.4, -0.2) is 148 Å². The van der Waals surface area contributed by atoms with Crippen molar-refractivity contribution in [3.63, 3.8) is 0 Å². The van der Waals surface area contributed by atoms with E-state index in [4.69, 9.17) is 23.9 Å². The van der Waals surface area contributed by atoms with Crippen molar-refractivity contribution in [2.24, 2.45) is 5.92 Å². The van der Waals surface area contributed by atoms with Crippen LogP contribution in [0, 0.1) is 5.92 Å². The fraction of sp³-hybridized carbons (Fsp3) is 0.491. The maximum absolute atomic E-state index is 13.9. The van der Waals surface area contributed by atoms with Gasteiger partial charge in [-0.1, -0.05) is 44.6 Å². The van der Waals surface area contributed by atoms with Gasteiger partial charge >= 0.3 is 5.97 Å². The summed E-state index contributed by atoms with van der Waals surface area (Å²) < 4.78 is 48.8. The zero-order valence-corrected chi connectivity index (χ0v) is 45.8. The van der Waals surface area contributed by atoms with Crippen LogP contribution in [0.1, 0.15) is 94.4 Å². The first kappa shape index (κ1) is 57.5. The molecule has 0 bridgehead atoms. The highest BCUT2D eigenvalue weighted by molar-refractivity contribution is 7.90. The van der Waals surface area contributed by atoms with Crippen LogP contribution in [0.2, 0.25) is 0 Å². The Balaban J connectivity index is 0.816. The van der Waals surface area contributed by atoms with E-state index in [1.54, 1.807) is 54.4 Å². The van der Waals surface area contributed by atoms with Gasteiger partial charge in [0.05, 0.1) is 48.4 Å². The third kappa shape index (κ3) is 13.4. The van der Waals surface area contributed by atoms with Crippen LogP contribution in [0.25, 0.3) is 39.6 Å². The largest absolute Gasteiger partial charge is 0.458 e. The van der Waals surface area contributed by atoms with Gasteiger partial charge in [0.15, 0.2) is 17.1 Å². The first-order chi connectivity index (χ1) is 37.7. The molecule has 0 radical (unpaired) electrons. The highest BCUT2D eigenvalue weighted by Gasteiger charge is 2.45. The van der Waals surface area contributed by atoms with Crippen molar-refractivity contribution in [3.8, 4) is 34.1 Å². The number of cyclic esters (lactones) is 1. The number of rotatable bonds is 26. The van der Waals surface area contributed by atoms with Gasteiger partial charge in [-0.05, 0) is 82.8 Å². The van der Waals surface area contributed by atoms with Gasteiger partial charge in [0.2, 0.25) is 45.4 Å². The van der Waals surface area contributed by atoms with E-state index < -0.39 is 63.3 Å². The number of aromatic nitrogens is 7. The lowest BCUT2D eigenvalue weighted by Crippen LogP contribution is -2.56. The van der Waals surface area contributed by atoms with E-state index in [9.17, 15) is 42.3 Å². The summed E-state index contributed by atoms with van der Waals surface area (Å²) in [7, 11) is 0.338. The van der Waals surface area contributed by atoms with Crippen LogP contribution < -0.4 is 36.3 Å². The predicted molar refractivity (Wildman–Crippen MR) is 285 cm³/mol. The fourth-order valence-electron chi connectivity index (χ4n) is 9.47. The van der Waals surface area contributed by atoms with E-state index >= 15 is 0 Å². The predicted octanol–water partition coefficient (Wildman–Crippen LogP) is 2.10. The van der Waals surface area contributed by atoms with E-state index in [2.05, 4.69) is 41.5 Å². The van der Waals surface area contributed by atoms with E-state index in [1.807, 2.05) is 31.1 Å². The molecule has 25 nitrogen and oxygen atoms in total. The minimum Gasteiger partial charge on any atom is -0.458 e. The summed E-state index contributed by atoms with van der Waals surface area (Å²) >= 11 is 0. The molecule has 4 amide bonds. The second-order valence-corrected chi connectivity index (χ2v) is 22.2. The molecule has 5 aromatic rings. The van der Waals surface area contributed by atoms with Crippen molar-refractivity contribution in [1.29, 1.82) is 0 Å². The molecular weight excluding hydrogens is 1040 g/mol. The number of carbonyl (C=O) groups excluding carboxylic acids is 5. The number of benzene rings is 1. The van der Waals surface area contributed by atoms with Crippen LogP contribution in [0.5, 0.6) is 11.5 Å². The Hall–Kier alpha value is -7.68. The number of pyridine rings is 2. The zero-order valence-electron chi connectivity index (χ0n) is 45.0. The van der Waals surface area contributed by atoms with E-state index in [1.165, 1.54) is 12.4 Å². The van der Waals surface area contributed by atoms with Crippen LogP contribution in [0.15, 0.2) is 52.8 Å². The first-order valence-corrected chi connectivity index (χ1v) is 28.0. The smallest absolute Gasteiger partial charge is 0.343 e. The Bertz CT molecular complexity index is 3320. The van der Waals surface area contributed by atoms with Gasteiger partial charge in [-0.25, -0.2) is 28.2 Å². The molecule has 3 aliphatic rings. The molecule has 1 aromatic carbocycles. The maximum Gasteiger partial charge on any atom is 0.343 e. The minimum atomic E-state index is -3.54. The summed E-state index contributed by atoms with van der Waals surface area (Å²) in [4.78, 5) is 94.8. The third-order valence-corrected chi connectivity index (χ3v) is 14.7. The highest BCUT2D eigenvalue weighted by atomic mass is 32.2. The Kier molecular flexibility index (Phi) is 18.2. The van der Waals surface area contributed by atoms with Gasteiger partial charge in [-0.15, -0.1) is 5.10 Å². The van der Waals surface area contributed by atoms with E-state index in [-0.39, 0.29) is 74.2 Å². The molecule has 7 heterocycles. The first-order valence-electron chi connectivity index (χ1n) is 26.1. The molecule has 0 saturated heterocycles. The molecule has 0 saturated carbocycles. The molecule has 0 spiro atoms. The lowest BCUT2D eigenvalue weighted by atomic mass is 9.86. The summed E-state index contributed by atoms with van der Waals surface area (Å²) in [6.45, 7) is 5.90.